The minimum atomic E-state index is -3.55. The van der Waals surface area contributed by atoms with Crippen molar-refractivity contribution in [1.29, 1.82) is 0 Å². The molecule has 0 aliphatic carbocycles. The van der Waals surface area contributed by atoms with E-state index in [1.54, 1.807) is 18.2 Å². The minimum absolute atomic E-state index is 0.247. The molecule has 0 spiro atoms. The molecule has 0 radical (unpaired) electrons. The van der Waals surface area contributed by atoms with Crippen LogP contribution in [0.25, 0.3) is 0 Å². The molecule has 0 unspecified atom stereocenters. The molecule has 9 heteroatoms. The van der Waals surface area contributed by atoms with Gasteiger partial charge in [0.15, 0.2) is 0 Å². The van der Waals surface area contributed by atoms with Gasteiger partial charge in [0.05, 0.1) is 11.4 Å². The number of hydrogen-bond acceptors (Lipinski definition) is 6. The van der Waals surface area contributed by atoms with Crippen molar-refractivity contribution in [3.63, 3.8) is 0 Å². The van der Waals surface area contributed by atoms with Crippen LogP contribution in [0, 0.1) is 0 Å². The number of hydrogen-bond donors (Lipinski definition) is 1. The Bertz CT molecular complexity index is 771. The van der Waals surface area contributed by atoms with Crippen LogP contribution in [0.3, 0.4) is 0 Å². The van der Waals surface area contributed by atoms with Crippen LogP contribution < -0.4 is 5.73 Å². The summed E-state index contributed by atoms with van der Waals surface area (Å²) in [5.74, 6) is 0. The molecule has 0 atom stereocenters. The van der Waals surface area contributed by atoms with E-state index in [-0.39, 0.29) is 10.4 Å². The van der Waals surface area contributed by atoms with E-state index in [0.717, 1.165) is 17.9 Å². The van der Waals surface area contributed by atoms with Crippen molar-refractivity contribution in [3.05, 3.63) is 18.2 Å². The lowest BCUT2D eigenvalue weighted by Gasteiger charge is -2.37. The summed E-state index contributed by atoms with van der Waals surface area (Å²) in [5.41, 5.74) is 6.85. The van der Waals surface area contributed by atoms with Crippen LogP contribution >= 0.6 is 0 Å². The number of sulfonamides is 1. The smallest absolute Gasteiger partial charge is 0.245 e. The maximum Gasteiger partial charge on any atom is 0.245 e. The molecule has 7 nitrogen and oxygen atoms in total. The normalized spacial score (nSPS) is 19.6. The van der Waals surface area contributed by atoms with Crippen molar-refractivity contribution in [2.24, 2.45) is 14.5 Å². The summed E-state index contributed by atoms with van der Waals surface area (Å²) in [6.07, 6.45) is 0. The molecule has 0 aromatic heterocycles. The molecule has 1 aromatic rings. The highest BCUT2D eigenvalue weighted by Gasteiger charge is 2.32. The van der Waals surface area contributed by atoms with E-state index >= 15 is 0 Å². The van der Waals surface area contributed by atoms with Crippen molar-refractivity contribution in [2.75, 3.05) is 32.7 Å². The predicted molar refractivity (Wildman–Crippen MR) is 91.4 cm³/mol. The van der Waals surface area contributed by atoms with Crippen LogP contribution in [0.1, 0.15) is 13.8 Å². The molecule has 1 saturated heterocycles. The zero-order valence-electron chi connectivity index (χ0n) is 13.3. The highest BCUT2D eigenvalue weighted by atomic mass is 32.2. The Hall–Kier alpha value is -1.13. The maximum atomic E-state index is 12.9. The van der Waals surface area contributed by atoms with E-state index in [4.69, 9.17) is 5.73 Å². The average Bonchev–Trinajstić information content (AvgIpc) is 2.94. The first-order valence-electron chi connectivity index (χ1n) is 7.50. The molecule has 2 aliphatic heterocycles. The van der Waals surface area contributed by atoms with Gasteiger partial charge in [0, 0.05) is 38.3 Å². The van der Waals surface area contributed by atoms with Gasteiger partial charge in [-0.15, -0.1) is 0 Å². The van der Waals surface area contributed by atoms with E-state index in [1.807, 2.05) is 13.8 Å². The van der Waals surface area contributed by atoms with Gasteiger partial charge in [-0.05, 0) is 26.0 Å². The van der Waals surface area contributed by atoms with Gasteiger partial charge in [-0.2, -0.15) is 13.0 Å². The summed E-state index contributed by atoms with van der Waals surface area (Å²) in [7, 11) is -3.55. The van der Waals surface area contributed by atoms with Crippen LogP contribution in [0.2, 0.25) is 0 Å². The standard InChI is InChI=1S/C14H21N5O2S2/c1-14(2,15)10-18-6-8-19(9-7-18)23(20,21)12-5-3-4-11-13(12)17-22-16-11/h3-5H,6-10,15H2,1-2H3. The second-order valence-corrected chi connectivity index (χ2v) is 8.99. The van der Waals surface area contributed by atoms with Crippen molar-refractivity contribution < 1.29 is 8.42 Å². The van der Waals surface area contributed by atoms with Crippen LogP contribution in [0.4, 0.5) is 11.4 Å². The van der Waals surface area contributed by atoms with Crippen LogP contribution in [-0.2, 0) is 21.4 Å². The fourth-order valence-electron chi connectivity index (χ4n) is 2.83. The number of benzene rings is 1. The van der Waals surface area contributed by atoms with E-state index in [2.05, 4.69) is 13.6 Å². The third-order valence-electron chi connectivity index (χ3n) is 3.83. The van der Waals surface area contributed by atoms with Crippen molar-refractivity contribution in [3.8, 4) is 0 Å². The minimum Gasteiger partial charge on any atom is -0.324 e. The number of nitrogens with two attached hydrogens (primary N) is 1. The van der Waals surface area contributed by atoms with E-state index in [9.17, 15) is 8.42 Å². The van der Waals surface area contributed by atoms with E-state index < -0.39 is 10.0 Å². The molecule has 2 aliphatic rings. The lowest BCUT2D eigenvalue weighted by Crippen LogP contribution is -2.53. The highest BCUT2D eigenvalue weighted by Crippen LogP contribution is 2.38. The summed E-state index contributed by atoms with van der Waals surface area (Å²) in [6, 6.07) is 5.09. The lowest BCUT2D eigenvalue weighted by molar-refractivity contribution is 0.162. The zero-order chi connectivity index (χ0) is 16.7. The summed E-state index contributed by atoms with van der Waals surface area (Å²) in [4.78, 5) is 2.45. The van der Waals surface area contributed by atoms with Gasteiger partial charge in [-0.3, -0.25) is 4.90 Å². The van der Waals surface area contributed by atoms with E-state index in [1.165, 1.54) is 4.31 Å². The predicted octanol–water partition coefficient (Wildman–Crippen LogP) is 1.46. The summed E-state index contributed by atoms with van der Waals surface area (Å²) in [6.45, 7) is 7.01. The van der Waals surface area contributed by atoms with Gasteiger partial charge in [0.25, 0.3) is 0 Å². The van der Waals surface area contributed by atoms with Crippen molar-refractivity contribution >= 4 is 32.8 Å². The Balaban J connectivity index is 1.76. The topological polar surface area (TPSA) is 91.4 Å². The summed E-state index contributed by atoms with van der Waals surface area (Å²) < 4.78 is 35.6. The molecular formula is C14H21N5O2S2. The Labute approximate surface area is 140 Å². The quantitative estimate of drug-likeness (QED) is 0.899. The molecule has 0 saturated carbocycles. The third-order valence-corrected chi connectivity index (χ3v) is 6.30. The second kappa shape index (κ2) is 6.06. The van der Waals surface area contributed by atoms with Gasteiger partial charge >= 0.3 is 0 Å². The van der Waals surface area contributed by atoms with Crippen LogP contribution in [0.15, 0.2) is 31.8 Å². The van der Waals surface area contributed by atoms with Gasteiger partial charge in [-0.1, -0.05) is 6.07 Å². The molecule has 0 amide bonds. The largest absolute Gasteiger partial charge is 0.324 e. The molecule has 3 rings (SSSR count). The molecule has 23 heavy (non-hydrogen) atoms. The first kappa shape index (κ1) is 16.7. The maximum absolute atomic E-state index is 12.9. The Morgan fingerprint density at radius 2 is 1.91 bits per heavy atom. The SMILES string of the molecule is CC(C)(N)CN1CCN(S(=O)(=O)c2cccc3c2N=S=N3)CC1. The molecule has 2 N–H and O–H groups in total. The lowest BCUT2D eigenvalue weighted by atomic mass is 10.1. The van der Waals surface area contributed by atoms with Crippen molar-refractivity contribution in [2.45, 2.75) is 24.3 Å². The van der Waals surface area contributed by atoms with Crippen LogP contribution in [0.5, 0.6) is 0 Å². The average molecular weight is 355 g/mol. The highest BCUT2D eigenvalue weighted by molar-refractivity contribution is 7.89. The fourth-order valence-corrected chi connectivity index (χ4v) is 5.01. The van der Waals surface area contributed by atoms with Gasteiger partial charge in [-0.25, -0.2) is 8.42 Å². The summed E-state index contributed by atoms with van der Waals surface area (Å²) >= 11 is 1.03. The number of piperazine rings is 1. The zero-order valence-corrected chi connectivity index (χ0v) is 14.9. The summed E-state index contributed by atoms with van der Waals surface area (Å²) in [5, 5.41) is 0. The Kier molecular flexibility index (Phi) is 4.41. The molecule has 1 aromatic carbocycles. The molecule has 126 valence electrons. The Morgan fingerprint density at radius 1 is 1.22 bits per heavy atom. The number of rotatable bonds is 4. The van der Waals surface area contributed by atoms with Crippen LogP contribution in [-0.4, -0.2) is 55.9 Å². The first-order valence-corrected chi connectivity index (χ1v) is 9.67. The Morgan fingerprint density at radius 3 is 2.57 bits per heavy atom. The number of nitrogens with zero attached hydrogens (tertiary/aromatic N) is 4. The molecular weight excluding hydrogens is 334 g/mol. The monoisotopic (exact) mass is 355 g/mol. The fraction of sp³-hybridized carbons (Fsp3) is 0.571. The third kappa shape index (κ3) is 3.53. The second-order valence-electron chi connectivity index (χ2n) is 6.56. The van der Waals surface area contributed by atoms with Gasteiger partial charge in [0.2, 0.25) is 10.0 Å². The first-order chi connectivity index (χ1) is 10.8. The molecule has 0 bridgehead atoms. The number of fused-ring (bicyclic) bond motifs is 1. The van der Waals surface area contributed by atoms with Gasteiger partial charge < -0.3 is 5.73 Å². The molecule has 2 heterocycles. The van der Waals surface area contributed by atoms with Crippen molar-refractivity contribution in [1.82, 2.24) is 9.21 Å². The molecule has 1 fully saturated rings. The van der Waals surface area contributed by atoms with Gasteiger partial charge in [0.1, 0.15) is 16.3 Å². The van der Waals surface area contributed by atoms with E-state index in [0.29, 0.717) is 37.6 Å².